The van der Waals surface area contributed by atoms with Crippen molar-refractivity contribution in [2.45, 2.75) is 12.1 Å². The summed E-state index contributed by atoms with van der Waals surface area (Å²) in [5.41, 5.74) is 0.200. The lowest BCUT2D eigenvalue weighted by atomic mass is 10.2. The molecule has 0 radical (unpaired) electrons. The van der Waals surface area contributed by atoms with Crippen LogP contribution >= 0.6 is 11.6 Å². The van der Waals surface area contributed by atoms with Crippen LogP contribution in [0.15, 0.2) is 42.6 Å². The summed E-state index contributed by atoms with van der Waals surface area (Å²) in [6.07, 6.45) is -3.85. The van der Waals surface area contributed by atoms with Crippen LogP contribution in [0.25, 0.3) is 0 Å². The smallest absolute Gasteiger partial charge is 0.320 e. The van der Waals surface area contributed by atoms with Gasteiger partial charge in [0.15, 0.2) is 0 Å². The van der Waals surface area contributed by atoms with Crippen LogP contribution in [0.2, 0.25) is 0 Å². The Kier molecular flexibility index (Phi) is 4.47. The summed E-state index contributed by atoms with van der Waals surface area (Å²) in [6.45, 7) is 0. The summed E-state index contributed by atoms with van der Waals surface area (Å²) in [5, 5.41) is 2.57. The number of nitrogens with zero attached hydrogens (tertiary/aromatic N) is 1. The van der Waals surface area contributed by atoms with E-state index in [1.807, 2.05) is 0 Å². The highest BCUT2D eigenvalue weighted by Crippen LogP contribution is 2.28. The Balaban J connectivity index is 2.17. The van der Waals surface area contributed by atoms with Crippen molar-refractivity contribution in [3.05, 3.63) is 59.4 Å². The van der Waals surface area contributed by atoms with Crippen LogP contribution < -0.4 is 5.32 Å². The van der Waals surface area contributed by atoms with Crippen molar-refractivity contribution >= 4 is 23.2 Å². The van der Waals surface area contributed by atoms with Crippen molar-refractivity contribution in [3.8, 4) is 0 Å². The largest absolute Gasteiger partial charge is 0.417 e. The third-order valence-electron chi connectivity index (χ3n) is 2.73. The predicted molar refractivity (Wildman–Crippen MR) is 73.2 cm³/mol. The van der Waals surface area contributed by atoms with Gasteiger partial charge < -0.3 is 5.32 Å². The van der Waals surface area contributed by atoms with Gasteiger partial charge in [-0.25, -0.2) is 0 Å². The number of pyridine rings is 1. The molecule has 2 rings (SSSR count). The van der Waals surface area contributed by atoms with E-state index in [4.69, 9.17) is 11.6 Å². The first-order valence-electron chi connectivity index (χ1n) is 5.90. The fourth-order valence-corrected chi connectivity index (χ4v) is 1.87. The maximum Gasteiger partial charge on any atom is 0.417 e. The zero-order chi connectivity index (χ0) is 15.5. The zero-order valence-electron chi connectivity index (χ0n) is 10.6. The third kappa shape index (κ3) is 3.72. The molecule has 0 saturated heterocycles. The number of para-hydroxylation sites is 1. The average Bonchev–Trinajstić information content (AvgIpc) is 2.47. The second kappa shape index (κ2) is 6.13. The lowest BCUT2D eigenvalue weighted by Crippen LogP contribution is -2.15. The molecule has 0 aliphatic heterocycles. The molecule has 1 aromatic carbocycles. The Bertz CT molecular complexity index is 641. The van der Waals surface area contributed by atoms with Gasteiger partial charge in [-0.1, -0.05) is 18.2 Å². The quantitative estimate of drug-likeness (QED) is 0.867. The Labute approximate surface area is 123 Å². The third-order valence-corrected chi connectivity index (χ3v) is 3.02. The minimum Gasteiger partial charge on any atom is -0.320 e. The normalized spacial score (nSPS) is 11.2. The van der Waals surface area contributed by atoms with Crippen LogP contribution in [0.5, 0.6) is 0 Å². The molecule has 1 amide bonds. The second-order valence-corrected chi connectivity index (χ2v) is 4.44. The number of alkyl halides is 4. The molecule has 0 bridgehead atoms. The SMILES string of the molecule is O=C(Nc1ccccc1CCl)c1ccc(C(F)(F)F)cn1. The zero-order valence-corrected chi connectivity index (χ0v) is 11.4. The van der Waals surface area contributed by atoms with Gasteiger partial charge >= 0.3 is 6.18 Å². The molecule has 0 aliphatic rings. The van der Waals surface area contributed by atoms with E-state index in [1.165, 1.54) is 0 Å². The van der Waals surface area contributed by atoms with Crippen molar-refractivity contribution in [1.82, 2.24) is 4.98 Å². The van der Waals surface area contributed by atoms with Gasteiger partial charge in [0.2, 0.25) is 0 Å². The first-order valence-corrected chi connectivity index (χ1v) is 6.43. The number of carbonyl (C=O) groups excluding carboxylic acids is 1. The maximum absolute atomic E-state index is 12.4. The van der Waals surface area contributed by atoms with Crippen LogP contribution in [0.1, 0.15) is 21.6 Å². The lowest BCUT2D eigenvalue weighted by Gasteiger charge is -2.09. The molecule has 1 heterocycles. The molecule has 3 nitrogen and oxygen atoms in total. The van der Waals surface area contributed by atoms with Crippen molar-refractivity contribution < 1.29 is 18.0 Å². The van der Waals surface area contributed by atoms with Crippen molar-refractivity contribution in [2.24, 2.45) is 0 Å². The van der Waals surface area contributed by atoms with Gasteiger partial charge in [-0.3, -0.25) is 9.78 Å². The molecule has 0 unspecified atom stereocenters. The fraction of sp³-hybridized carbons (Fsp3) is 0.143. The van der Waals surface area contributed by atoms with Gasteiger partial charge in [0, 0.05) is 17.8 Å². The van der Waals surface area contributed by atoms with Crippen LogP contribution in [-0.2, 0) is 12.1 Å². The number of anilines is 1. The van der Waals surface area contributed by atoms with E-state index in [9.17, 15) is 18.0 Å². The molecule has 0 aliphatic carbocycles. The number of hydrogen-bond acceptors (Lipinski definition) is 2. The highest BCUT2D eigenvalue weighted by molar-refractivity contribution is 6.17. The van der Waals surface area contributed by atoms with Crippen LogP contribution in [0.4, 0.5) is 18.9 Å². The molecule has 0 atom stereocenters. The Morgan fingerprint density at radius 2 is 1.90 bits per heavy atom. The molecular formula is C14H10ClF3N2O. The van der Waals surface area contributed by atoms with Gasteiger partial charge in [0.05, 0.1) is 5.56 Å². The Morgan fingerprint density at radius 1 is 1.19 bits per heavy atom. The number of benzene rings is 1. The lowest BCUT2D eigenvalue weighted by molar-refractivity contribution is -0.137. The molecular weight excluding hydrogens is 305 g/mol. The summed E-state index contributed by atoms with van der Waals surface area (Å²) < 4.78 is 37.2. The van der Waals surface area contributed by atoms with E-state index in [0.29, 0.717) is 17.4 Å². The number of amides is 1. The molecule has 0 spiro atoms. The monoisotopic (exact) mass is 314 g/mol. The number of halogens is 4. The first-order chi connectivity index (χ1) is 9.91. The van der Waals surface area contributed by atoms with E-state index in [1.54, 1.807) is 24.3 Å². The maximum atomic E-state index is 12.4. The van der Waals surface area contributed by atoms with Gasteiger partial charge in [-0.05, 0) is 23.8 Å². The highest BCUT2D eigenvalue weighted by Gasteiger charge is 2.30. The number of nitrogens with one attached hydrogen (secondary N) is 1. The molecule has 2 aromatic rings. The van der Waals surface area contributed by atoms with E-state index in [0.717, 1.165) is 12.1 Å². The van der Waals surface area contributed by atoms with Crippen LogP contribution in [0.3, 0.4) is 0 Å². The van der Waals surface area contributed by atoms with Gasteiger partial charge in [0.1, 0.15) is 5.69 Å². The topological polar surface area (TPSA) is 42.0 Å². The minimum atomic E-state index is -4.48. The van der Waals surface area contributed by atoms with Gasteiger partial charge in [-0.2, -0.15) is 13.2 Å². The first kappa shape index (κ1) is 15.3. The summed E-state index contributed by atoms with van der Waals surface area (Å²) >= 11 is 5.74. The number of aromatic nitrogens is 1. The number of carbonyl (C=O) groups is 1. The number of rotatable bonds is 3. The molecule has 1 N–H and O–H groups in total. The van der Waals surface area contributed by atoms with E-state index < -0.39 is 17.6 Å². The number of hydrogen-bond donors (Lipinski definition) is 1. The summed E-state index contributed by atoms with van der Waals surface area (Å²) in [6, 6.07) is 8.72. The van der Waals surface area contributed by atoms with E-state index in [2.05, 4.69) is 10.3 Å². The Hall–Kier alpha value is -2.08. The van der Waals surface area contributed by atoms with E-state index in [-0.39, 0.29) is 11.6 Å². The molecule has 0 saturated carbocycles. The molecule has 0 fully saturated rings. The Morgan fingerprint density at radius 3 is 2.48 bits per heavy atom. The van der Waals surface area contributed by atoms with Crippen LogP contribution in [-0.4, -0.2) is 10.9 Å². The van der Waals surface area contributed by atoms with Crippen molar-refractivity contribution in [1.29, 1.82) is 0 Å². The average molecular weight is 315 g/mol. The van der Waals surface area contributed by atoms with Crippen molar-refractivity contribution in [3.63, 3.8) is 0 Å². The molecule has 7 heteroatoms. The van der Waals surface area contributed by atoms with Gasteiger partial charge in [0.25, 0.3) is 5.91 Å². The molecule has 21 heavy (non-hydrogen) atoms. The summed E-state index contributed by atoms with van der Waals surface area (Å²) in [4.78, 5) is 15.5. The molecule has 110 valence electrons. The summed E-state index contributed by atoms with van der Waals surface area (Å²) in [7, 11) is 0. The highest BCUT2D eigenvalue weighted by atomic mass is 35.5. The standard InChI is InChI=1S/C14H10ClF3N2O/c15-7-9-3-1-2-4-11(9)20-13(21)12-6-5-10(8-19-12)14(16,17)18/h1-6,8H,7H2,(H,20,21). The van der Waals surface area contributed by atoms with Gasteiger partial charge in [-0.15, -0.1) is 11.6 Å². The minimum absolute atomic E-state index is 0.104. The second-order valence-electron chi connectivity index (χ2n) is 4.17. The van der Waals surface area contributed by atoms with Crippen molar-refractivity contribution in [2.75, 3.05) is 5.32 Å². The predicted octanol–water partition coefficient (Wildman–Crippen LogP) is 4.09. The summed E-state index contributed by atoms with van der Waals surface area (Å²) in [5.74, 6) is -0.391. The van der Waals surface area contributed by atoms with E-state index >= 15 is 0 Å². The molecule has 1 aromatic heterocycles. The fourth-order valence-electron chi connectivity index (χ4n) is 1.64. The van der Waals surface area contributed by atoms with Crippen LogP contribution in [0, 0.1) is 0 Å².